The van der Waals surface area contributed by atoms with Crippen LogP contribution in [0.2, 0.25) is 0 Å². The van der Waals surface area contributed by atoms with Gasteiger partial charge in [-0.25, -0.2) is 0 Å². The molecule has 0 bridgehead atoms. The van der Waals surface area contributed by atoms with E-state index in [2.05, 4.69) is 21.3 Å². The van der Waals surface area contributed by atoms with Gasteiger partial charge in [0.1, 0.15) is 0 Å². The summed E-state index contributed by atoms with van der Waals surface area (Å²) in [6.45, 7) is 9.21. The summed E-state index contributed by atoms with van der Waals surface area (Å²) in [5.74, 6) is 0.450. The van der Waals surface area contributed by atoms with E-state index in [0.29, 0.717) is 19.1 Å². The molecular weight excluding hydrogens is 326 g/mol. The topological polar surface area (TPSA) is 68.4 Å². The van der Waals surface area contributed by atoms with Gasteiger partial charge in [-0.1, -0.05) is 6.07 Å². The molecule has 1 aromatic heterocycles. The average molecular weight is 357 g/mol. The minimum atomic E-state index is 0.0886. The molecule has 26 heavy (non-hydrogen) atoms. The van der Waals surface area contributed by atoms with Crippen LogP contribution < -0.4 is 10.7 Å². The van der Waals surface area contributed by atoms with Gasteiger partial charge in [0, 0.05) is 36.8 Å². The summed E-state index contributed by atoms with van der Waals surface area (Å²) < 4.78 is 0. The van der Waals surface area contributed by atoms with Crippen LogP contribution in [0.4, 0.5) is 0 Å². The lowest BCUT2D eigenvalue weighted by molar-refractivity contribution is 0.119. The molecule has 0 saturated carbocycles. The van der Waals surface area contributed by atoms with Gasteiger partial charge in [0.2, 0.25) is 0 Å². The molecule has 5 nitrogen and oxygen atoms in total. The number of nitrogens with one attached hydrogen (secondary N) is 2. The number of hydrogen-bond acceptors (Lipinski definition) is 4. The number of hydrogen-bond donors (Lipinski definition) is 3. The first-order valence-electron chi connectivity index (χ1n) is 9.74. The summed E-state index contributed by atoms with van der Waals surface area (Å²) in [5, 5.41) is 13.5. The van der Waals surface area contributed by atoms with Crippen molar-refractivity contribution in [1.29, 1.82) is 0 Å². The van der Waals surface area contributed by atoms with Crippen LogP contribution in [0.3, 0.4) is 0 Å². The van der Waals surface area contributed by atoms with Crippen molar-refractivity contribution in [3.63, 3.8) is 0 Å². The maximum Gasteiger partial charge on any atom is 0.189 e. The quantitative estimate of drug-likeness (QED) is 0.665. The van der Waals surface area contributed by atoms with Gasteiger partial charge in [0.15, 0.2) is 5.43 Å². The molecule has 1 saturated heterocycles. The fourth-order valence-corrected chi connectivity index (χ4v) is 4.01. The highest BCUT2D eigenvalue weighted by molar-refractivity contribution is 5.82. The molecule has 1 aromatic carbocycles. The second kappa shape index (κ2) is 8.80. The highest BCUT2D eigenvalue weighted by Crippen LogP contribution is 2.17. The number of likely N-dealkylation sites (tertiary alicyclic amines) is 1. The Morgan fingerprint density at radius 3 is 2.96 bits per heavy atom. The maximum atomic E-state index is 12.4. The van der Waals surface area contributed by atoms with Gasteiger partial charge in [-0.15, -0.1) is 0 Å². The SMILES string of the molecule is Cc1cc(C)c2[nH]c(CNCCCN3CCC[C@@H](CO)C3)cc(=O)c2c1. The maximum absolute atomic E-state index is 12.4. The van der Waals surface area contributed by atoms with Crippen LogP contribution in [0.15, 0.2) is 23.0 Å². The fraction of sp³-hybridized carbons (Fsp3) is 0.571. The van der Waals surface area contributed by atoms with Gasteiger partial charge in [-0.3, -0.25) is 4.79 Å². The second-order valence-electron chi connectivity index (χ2n) is 7.68. The molecule has 5 heteroatoms. The predicted octanol–water partition coefficient (Wildman–Crippen LogP) is 2.33. The number of rotatable bonds is 7. The summed E-state index contributed by atoms with van der Waals surface area (Å²) in [6, 6.07) is 5.77. The molecule has 0 spiro atoms. The number of aliphatic hydroxyl groups excluding tert-OH is 1. The Hall–Kier alpha value is -1.69. The van der Waals surface area contributed by atoms with Gasteiger partial charge in [0.05, 0.1) is 5.52 Å². The third kappa shape index (κ3) is 4.72. The van der Waals surface area contributed by atoms with Gasteiger partial charge in [-0.05, 0) is 75.9 Å². The molecule has 2 aromatic rings. The van der Waals surface area contributed by atoms with Crippen LogP contribution in [0.1, 0.15) is 36.1 Å². The molecule has 1 fully saturated rings. The monoisotopic (exact) mass is 357 g/mol. The first-order valence-corrected chi connectivity index (χ1v) is 9.74. The van der Waals surface area contributed by atoms with Gasteiger partial charge in [-0.2, -0.15) is 0 Å². The molecule has 1 aliphatic rings. The Morgan fingerprint density at radius 1 is 1.31 bits per heavy atom. The fourth-order valence-electron chi connectivity index (χ4n) is 4.01. The lowest BCUT2D eigenvalue weighted by Crippen LogP contribution is -2.38. The second-order valence-corrected chi connectivity index (χ2v) is 7.68. The largest absolute Gasteiger partial charge is 0.396 e. The lowest BCUT2D eigenvalue weighted by Gasteiger charge is -2.31. The van der Waals surface area contributed by atoms with E-state index < -0.39 is 0 Å². The van der Waals surface area contributed by atoms with Crippen LogP contribution in [0.5, 0.6) is 0 Å². The van der Waals surface area contributed by atoms with Crippen molar-refractivity contribution in [2.45, 2.75) is 39.7 Å². The highest BCUT2D eigenvalue weighted by atomic mass is 16.3. The summed E-state index contributed by atoms with van der Waals surface area (Å²) in [7, 11) is 0. The van der Waals surface area contributed by atoms with Gasteiger partial charge in [0.25, 0.3) is 0 Å². The third-order valence-electron chi connectivity index (χ3n) is 5.34. The number of aromatic amines is 1. The molecule has 1 aliphatic heterocycles. The van der Waals surface area contributed by atoms with Crippen LogP contribution >= 0.6 is 0 Å². The molecular formula is C21H31N3O2. The minimum absolute atomic E-state index is 0.0886. The summed E-state index contributed by atoms with van der Waals surface area (Å²) >= 11 is 0. The van der Waals surface area contributed by atoms with E-state index >= 15 is 0 Å². The Bertz CT molecular complexity index is 800. The Morgan fingerprint density at radius 2 is 2.15 bits per heavy atom. The van der Waals surface area contributed by atoms with E-state index in [1.807, 2.05) is 19.9 Å². The number of H-pyrrole nitrogens is 1. The number of pyridine rings is 1. The van der Waals surface area contributed by atoms with Crippen molar-refractivity contribution in [3.8, 4) is 0 Å². The molecule has 3 rings (SSSR count). The van der Waals surface area contributed by atoms with Crippen molar-refractivity contribution in [3.05, 3.63) is 45.2 Å². The molecule has 0 unspecified atom stereocenters. The van der Waals surface area contributed by atoms with Crippen LogP contribution in [0.25, 0.3) is 10.9 Å². The average Bonchev–Trinajstić information content (AvgIpc) is 2.62. The Balaban J connectivity index is 1.50. The Labute approximate surface area is 155 Å². The standard InChI is InChI=1S/C21H31N3O2/c1-15-9-16(2)21-19(10-15)20(26)11-18(23-21)12-22-6-4-8-24-7-3-5-17(13-24)14-25/h9-11,17,22,25H,3-8,12-14H2,1-2H3,(H,23,26)/t17-/m1/s1. The smallest absolute Gasteiger partial charge is 0.189 e. The number of benzene rings is 1. The van der Waals surface area contributed by atoms with Crippen molar-refractivity contribution >= 4 is 10.9 Å². The van der Waals surface area contributed by atoms with Crippen molar-refractivity contribution in [2.75, 3.05) is 32.8 Å². The zero-order valence-electron chi connectivity index (χ0n) is 16.0. The van der Waals surface area contributed by atoms with E-state index in [1.54, 1.807) is 6.07 Å². The number of aromatic nitrogens is 1. The minimum Gasteiger partial charge on any atom is -0.396 e. The van der Waals surface area contributed by atoms with E-state index in [-0.39, 0.29) is 5.43 Å². The number of aryl methyl sites for hydroxylation is 2. The zero-order chi connectivity index (χ0) is 18.5. The number of nitrogens with zero attached hydrogens (tertiary/aromatic N) is 1. The van der Waals surface area contributed by atoms with Gasteiger partial charge < -0.3 is 20.3 Å². The number of piperidine rings is 1. The molecule has 0 amide bonds. The zero-order valence-corrected chi connectivity index (χ0v) is 16.0. The van der Waals surface area contributed by atoms with Crippen molar-refractivity contribution < 1.29 is 5.11 Å². The van der Waals surface area contributed by atoms with Crippen molar-refractivity contribution in [1.82, 2.24) is 15.2 Å². The number of fused-ring (bicyclic) bond motifs is 1. The summed E-state index contributed by atoms with van der Waals surface area (Å²) in [5.41, 5.74) is 4.21. The van der Waals surface area contributed by atoms with E-state index in [4.69, 9.17) is 0 Å². The Kier molecular flexibility index (Phi) is 6.46. The first-order chi connectivity index (χ1) is 12.6. The molecule has 3 N–H and O–H groups in total. The molecule has 0 radical (unpaired) electrons. The molecule has 0 aliphatic carbocycles. The summed E-state index contributed by atoms with van der Waals surface area (Å²) in [4.78, 5) is 18.3. The number of aliphatic hydroxyl groups is 1. The van der Waals surface area contributed by atoms with E-state index in [0.717, 1.165) is 66.7 Å². The first kappa shape index (κ1) is 19.1. The third-order valence-corrected chi connectivity index (χ3v) is 5.34. The van der Waals surface area contributed by atoms with E-state index in [1.165, 1.54) is 6.42 Å². The van der Waals surface area contributed by atoms with Crippen LogP contribution in [-0.4, -0.2) is 47.8 Å². The highest BCUT2D eigenvalue weighted by Gasteiger charge is 2.18. The molecule has 1 atom stereocenters. The van der Waals surface area contributed by atoms with Gasteiger partial charge >= 0.3 is 0 Å². The molecule has 2 heterocycles. The normalized spacial score (nSPS) is 18.5. The summed E-state index contributed by atoms with van der Waals surface area (Å²) in [6.07, 6.45) is 3.42. The van der Waals surface area contributed by atoms with Crippen molar-refractivity contribution in [2.24, 2.45) is 5.92 Å². The molecule has 142 valence electrons. The predicted molar refractivity (Wildman–Crippen MR) is 107 cm³/mol. The van der Waals surface area contributed by atoms with Crippen LogP contribution in [0, 0.1) is 19.8 Å². The van der Waals surface area contributed by atoms with E-state index in [9.17, 15) is 9.90 Å². The van der Waals surface area contributed by atoms with Crippen LogP contribution in [-0.2, 0) is 6.54 Å². The lowest BCUT2D eigenvalue weighted by atomic mass is 9.99.